The maximum Gasteiger partial charge on any atom is 0.357 e. The number of anilines is 1. The van der Waals surface area contributed by atoms with E-state index in [1.807, 2.05) is 0 Å². The standard InChI is InChI=1S/C21H15FN4O4/c1-30-21(29)20-12-5-4-7-15(19(12)13(22)9-24-20)25-17(27)11-26-16-8-3-2-6-14(16)23-10-18(26)28/h2-10H,11H2,1H3,(H,25,27). The summed E-state index contributed by atoms with van der Waals surface area (Å²) >= 11 is 0. The molecule has 0 aliphatic carbocycles. The number of esters is 1. The fourth-order valence-electron chi connectivity index (χ4n) is 3.24. The largest absolute Gasteiger partial charge is 0.464 e. The van der Waals surface area contributed by atoms with Gasteiger partial charge < -0.3 is 10.1 Å². The number of para-hydroxylation sites is 2. The van der Waals surface area contributed by atoms with E-state index in [0.717, 1.165) is 12.4 Å². The number of amides is 1. The SMILES string of the molecule is COC(=O)c1ncc(F)c2c(NC(=O)Cn3c(=O)cnc4ccccc43)cccc12. The van der Waals surface area contributed by atoms with Crippen LogP contribution in [-0.4, -0.2) is 33.5 Å². The van der Waals surface area contributed by atoms with Gasteiger partial charge in [-0.2, -0.15) is 0 Å². The lowest BCUT2D eigenvalue weighted by atomic mass is 10.1. The van der Waals surface area contributed by atoms with Crippen LogP contribution in [0.4, 0.5) is 10.1 Å². The maximum atomic E-state index is 14.5. The van der Waals surface area contributed by atoms with Crippen molar-refractivity contribution in [1.29, 1.82) is 0 Å². The summed E-state index contributed by atoms with van der Waals surface area (Å²) in [6, 6.07) is 11.5. The van der Waals surface area contributed by atoms with Crippen LogP contribution in [0.3, 0.4) is 0 Å². The Hall–Kier alpha value is -4.14. The van der Waals surface area contributed by atoms with Gasteiger partial charge in [-0.05, 0) is 18.2 Å². The van der Waals surface area contributed by atoms with Crippen LogP contribution in [0.5, 0.6) is 0 Å². The van der Waals surface area contributed by atoms with Gasteiger partial charge in [-0.25, -0.2) is 19.2 Å². The number of benzene rings is 2. The molecule has 1 amide bonds. The van der Waals surface area contributed by atoms with Gasteiger partial charge >= 0.3 is 5.97 Å². The van der Waals surface area contributed by atoms with Crippen molar-refractivity contribution < 1.29 is 18.7 Å². The normalized spacial score (nSPS) is 10.9. The summed E-state index contributed by atoms with van der Waals surface area (Å²) in [6.45, 7) is -0.297. The van der Waals surface area contributed by atoms with E-state index in [1.54, 1.807) is 30.3 Å². The van der Waals surface area contributed by atoms with Crippen LogP contribution in [-0.2, 0) is 16.1 Å². The van der Waals surface area contributed by atoms with E-state index >= 15 is 0 Å². The topological polar surface area (TPSA) is 103 Å². The van der Waals surface area contributed by atoms with Crippen molar-refractivity contribution >= 4 is 39.4 Å². The Kier molecular flexibility index (Phi) is 4.93. The highest BCUT2D eigenvalue weighted by molar-refractivity contribution is 6.09. The molecule has 0 unspecified atom stereocenters. The summed E-state index contributed by atoms with van der Waals surface area (Å²) in [7, 11) is 1.20. The number of hydrogen-bond acceptors (Lipinski definition) is 6. The second-order valence-corrected chi connectivity index (χ2v) is 6.39. The summed E-state index contributed by atoms with van der Waals surface area (Å²) in [4.78, 5) is 44.7. The summed E-state index contributed by atoms with van der Waals surface area (Å²) in [6.07, 6.45) is 2.03. The Morgan fingerprint density at radius 2 is 1.90 bits per heavy atom. The number of pyridine rings is 1. The number of rotatable bonds is 4. The van der Waals surface area contributed by atoms with E-state index in [1.165, 1.54) is 23.8 Å². The first kappa shape index (κ1) is 19.2. The fourth-order valence-corrected chi connectivity index (χ4v) is 3.24. The van der Waals surface area contributed by atoms with Gasteiger partial charge in [-0.3, -0.25) is 14.2 Å². The summed E-state index contributed by atoms with van der Waals surface area (Å²) in [5, 5.41) is 2.83. The first-order valence-electron chi connectivity index (χ1n) is 8.89. The molecule has 1 N–H and O–H groups in total. The number of methoxy groups -OCH3 is 1. The van der Waals surface area contributed by atoms with Crippen LogP contribution in [0.25, 0.3) is 21.8 Å². The van der Waals surface area contributed by atoms with Crippen molar-refractivity contribution in [2.24, 2.45) is 0 Å². The Morgan fingerprint density at radius 1 is 1.10 bits per heavy atom. The second kappa shape index (κ2) is 7.70. The molecular formula is C21H15FN4O4. The number of halogens is 1. The number of carbonyl (C=O) groups is 2. The van der Waals surface area contributed by atoms with Crippen LogP contribution in [0.2, 0.25) is 0 Å². The molecule has 0 fully saturated rings. The number of carbonyl (C=O) groups excluding carboxylic acids is 2. The monoisotopic (exact) mass is 406 g/mol. The molecule has 0 saturated heterocycles. The molecule has 8 nitrogen and oxygen atoms in total. The number of fused-ring (bicyclic) bond motifs is 2. The Bertz CT molecular complexity index is 1370. The van der Waals surface area contributed by atoms with Gasteiger partial charge in [0, 0.05) is 10.8 Å². The lowest BCUT2D eigenvalue weighted by Gasteiger charge is -2.13. The van der Waals surface area contributed by atoms with Crippen LogP contribution in [0, 0.1) is 5.82 Å². The maximum absolute atomic E-state index is 14.5. The first-order chi connectivity index (χ1) is 14.5. The zero-order chi connectivity index (χ0) is 21.3. The molecule has 2 aromatic carbocycles. The van der Waals surface area contributed by atoms with Crippen LogP contribution in [0.15, 0.2) is 59.7 Å². The lowest BCUT2D eigenvalue weighted by molar-refractivity contribution is -0.116. The van der Waals surface area contributed by atoms with Crippen LogP contribution in [0.1, 0.15) is 10.5 Å². The van der Waals surface area contributed by atoms with Gasteiger partial charge in [0.1, 0.15) is 6.54 Å². The minimum Gasteiger partial charge on any atom is -0.464 e. The minimum absolute atomic E-state index is 0.0215. The average Bonchev–Trinajstić information content (AvgIpc) is 2.75. The molecule has 0 bridgehead atoms. The van der Waals surface area contributed by atoms with Crippen molar-refractivity contribution in [3.63, 3.8) is 0 Å². The third-order valence-electron chi connectivity index (χ3n) is 4.57. The number of nitrogens with zero attached hydrogens (tertiary/aromatic N) is 3. The molecule has 0 aliphatic rings. The van der Waals surface area contributed by atoms with E-state index in [2.05, 4.69) is 20.0 Å². The average molecular weight is 406 g/mol. The fraction of sp³-hybridized carbons (Fsp3) is 0.0952. The molecule has 0 spiro atoms. The molecule has 150 valence electrons. The van der Waals surface area contributed by atoms with Crippen LogP contribution >= 0.6 is 0 Å². The third kappa shape index (κ3) is 3.37. The molecule has 9 heteroatoms. The Morgan fingerprint density at radius 3 is 2.70 bits per heavy atom. The smallest absolute Gasteiger partial charge is 0.357 e. The van der Waals surface area contributed by atoms with E-state index in [9.17, 15) is 18.8 Å². The van der Waals surface area contributed by atoms with Crippen molar-refractivity contribution in [2.45, 2.75) is 6.54 Å². The molecular weight excluding hydrogens is 391 g/mol. The molecule has 0 aliphatic heterocycles. The zero-order valence-electron chi connectivity index (χ0n) is 15.8. The van der Waals surface area contributed by atoms with Gasteiger partial charge in [0.15, 0.2) is 11.5 Å². The number of ether oxygens (including phenoxy) is 1. The molecule has 2 heterocycles. The number of aromatic nitrogens is 3. The third-order valence-corrected chi connectivity index (χ3v) is 4.57. The summed E-state index contributed by atoms with van der Waals surface area (Å²) in [5.41, 5.74) is 0.705. The van der Waals surface area contributed by atoms with Crippen molar-refractivity contribution in [3.05, 3.63) is 76.7 Å². The molecule has 4 aromatic rings. The molecule has 0 atom stereocenters. The lowest BCUT2D eigenvalue weighted by Crippen LogP contribution is -2.28. The Balaban J connectivity index is 1.72. The van der Waals surface area contributed by atoms with Crippen molar-refractivity contribution in [1.82, 2.24) is 14.5 Å². The Labute approximate surface area is 168 Å². The first-order valence-corrected chi connectivity index (χ1v) is 8.89. The predicted octanol–water partition coefficient (Wildman–Crippen LogP) is 2.51. The van der Waals surface area contributed by atoms with Gasteiger partial charge in [0.2, 0.25) is 5.91 Å². The molecule has 0 saturated carbocycles. The quantitative estimate of drug-likeness (QED) is 0.523. The van der Waals surface area contributed by atoms with Crippen molar-refractivity contribution in [3.8, 4) is 0 Å². The van der Waals surface area contributed by atoms with E-state index in [-0.39, 0.29) is 28.7 Å². The van der Waals surface area contributed by atoms with E-state index in [0.29, 0.717) is 11.0 Å². The zero-order valence-corrected chi connectivity index (χ0v) is 15.8. The van der Waals surface area contributed by atoms with Gasteiger partial charge in [0.05, 0.1) is 36.2 Å². The molecule has 30 heavy (non-hydrogen) atoms. The molecule has 2 aromatic heterocycles. The van der Waals surface area contributed by atoms with Crippen LogP contribution < -0.4 is 10.9 Å². The summed E-state index contributed by atoms with van der Waals surface area (Å²) in [5.74, 6) is -1.98. The number of nitrogens with one attached hydrogen (secondary N) is 1. The van der Waals surface area contributed by atoms with E-state index in [4.69, 9.17) is 0 Å². The minimum atomic E-state index is -0.724. The molecule has 4 rings (SSSR count). The second-order valence-electron chi connectivity index (χ2n) is 6.39. The highest BCUT2D eigenvalue weighted by atomic mass is 19.1. The highest BCUT2D eigenvalue weighted by Gasteiger charge is 2.18. The van der Waals surface area contributed by atoms with Gasteiger partial charge in [0.25, 0.3) is 5.56 Å². The van der Waals surface area contributed by atoms with Gasteiger partial charge in [-0.15, -0.1) is 0 Å². The van der Waals surface area contributed by atoms with Crippen molar-refractivity contribution in [2.75, 3.05) is 12.4 Å². The number of hydrogen-bond donors (Lipinski definition) is 1. The highest BCUT2D eigenvalue weighted by Crippen LogP contribution is 2.28. The summed E-state index contributed by atoms with van der Waals surface area (Å²) < 4.78 is 20.5. The van der Waals surface area contributed by atoms with Gasteiger partial charge in [-0.1, -0.05) is 24.3 Å². The molecule has 0 radical (unpaired) electrons. The van der Waals surface area contributed by atoms with E-state index < -0.39 is 23.3 Å². The predicted molar refractivity (Wildman–Crippen MR) is 108 cm³/mol.